The Morgan fingerprint density at radius 3 is 2.47 bits per heavy atom. The zero-order valence-electron chi connectivity index (χ0n) is 20.7. The summed E-state index contributed by atoms with van der Waals surface area (Å²) in [6.45, 7) is 3.60. The molecule has 0 amide bonds. The Bertz CT molecular complexity index is 1590. The zero-order valence-corrected chi connectivity index (χ0v) is 20.7. The summed E-state index contributed by atoms with van der Waals surface area (Å²) in [4.78, 5) is 8.86. The summed E-state index contributed by atoms with van der Waals surface area (Å²) >= 11 is 0. The van der Waals surface area contributed by atoms with Crippen LogP contribution in [0.1, 0.15) is 11.4 Å². The number of nitrogens with zero attached hydrogens (tertiary/aromatic N) is 7. The van der Waals surface area contributed by atoms with Crippen LogP contribution in [0.25, 0.3) is 27.8 Å². The van der Waals surface area contributed by atoms with Gasteiger partial charge in [-0.2, -0.15) is 22.8 Å². The smallest absolute Gasteiger partial charge is 0.377 e. The molecule has 3 aromatic heterocycles. The molecule has 2 aromatic carbocycles. The maximum atomic E-state index is 13.7. The van der Waals surface area contributed by atoms with Crippen LogP contribution in [0, 0.1) is 0 Å². The van der Waals surface area contributed by atoms with Crippen molar-refractivity contribution in [1.29, 1.82) is 0 Å². The summed E-state index contributed by atoms with van der Waals surface area (Å²) in [6.07, 6.45) is -2.85. The van der Waals surface area contributed by atoms with Gasteiger partial charge in [-0.25, -0.2) is 0 Å². The molecule has 4 heterocycles. The van der Waals surface area contributed by atoms with Crippen molar-refractivity contribution in [3.8, 4) is 11.3 Å². The van der Waals surface area contributed by atoms with Gasteiger partial charge in [0, 0.05) is 42.8 Å². The van der Waals surface area contributed by atoms with Crippen molar-refractivity contribution in [2.45, 2.75) is 12.7 Å². The van der Waals surface area contributed by atoms with Crippen molar-refractivity contribution in [3.05, 3.63) is 78.2 Å². The number of alkyl halides is 3. The summed E-state index contributed by atoms with van der Waals surface area (Å²) in [6, 6.07) is 17.5. The number of benzene rings is 2. The lowest BCUT2D eigenvalue weighted by Crippen LogP contribution is -2.44. The third-order valence-corrected chi connectivity index (χ3v) is 6.82. The van der Waals surface area contributed by atoms with E-state index in [9.17, 15) is 13.2 Å². The Morgan fingerprint density at radius 2 is 1.71 bits per heavy atom. The molecule has 5 aromatic rings. The normalized spacial score (nSPS) is 14.9. The summed E-state index contributed by atoms with van der Waals surface area (Å²) < 4.78 is 42.8. The number of fused-ring (bicyclic) bond motifs is 2. The summed E-state index contributed by atoms with van der Waals surface area (Å²) in [5, 5.41) is 16.8. The summed E-state index contributed by atoms with van der Waals surface area (Å²) in [5.41, 5.74) is 2.95. The Morgan fingerprint density at radius 1 is 0.921 bits per heavy atom. The van der Waals surface area contributed by atoms with Crippen molar-refractivity contribution in [2.75, 3.05) is 43.4 Å². The molecule has 1 N–H and O–H groups in total. The first-order valence-electron chi connectivity index (χ1n) is 12.3. The average Bonchev–Trinajstić information content (AvgIpc) is 3.34. The summed E-state index contributed by atoms with van der Waals surface area (Å²) in [5.74, 6) is 0.478. The second kappa shape index (κ2) is 9.56. The molecule has 1 aliphatic rings. The highest BCUT2D eigenvalue weighted by Gasteiger charge is 2.32. The highest BCUT2D eigenvalue weighted by Crippen LogP contribution is 2.36. The van der Waals surface area contributed by atoms with Gasteiger partial charge in [-0.15, -0.1) is 10.2 Å². The van der Waals surface area contributed by atoms with Crippen LogP contribution in [0.3, 0.4) is 0 Å². The minimum atomic E-state index is -4.50. The van der Waals surface area contributed by atoms with Crippen molar-refractivity contribution in [1.82, 2.24) is 29.7 Å². The molecule has 0 bridgehead atoms. The first-order valence-corrected chi connectivity index (χ1v) is 12.3. The van der Waals surface area contributed by atoms with Crippen molar-refractivity contribution in [2.24, 2.45) is 0 Å². The molecule has 0 aliphatic carbocycles. The minimum Gasteiger partial charge on any atom is -0.377 e. The Labute approximate surface area is 216 Å². The van der Waals surface area contributed by atoms with E-state index in [0.29, 0.717) is 22.5 Å². The molecule has 0 radical (unpaired) electrons. The zero-order chi connectivity index (χ0) is 26.3. The molecule has 0 spiro atoms. The second-order valence-corrected chi connectivity index (χ2v) is 9.40. The van der Waals surface area contributed by atoms with E-state index >= 15 is 0 Å². The number of pyridine rings is 1. The largest absolute Gasteiger partial charge is 0.416 e. The van der Waals surface area contributed by atoms with E-state index in [0.717, 1.165) is 55.3 Å². The van der Waals surface area contributed by atoms with E-state index in [1.165, 1.54) is 0 Å². The molecule has 194 valence electrons. The van der Waals surface area contributed by atoms with Gasteiger partial charge in [-0.1, -0.05) is 30.3 Å². The molecule has 1 saturated heterocycles. The molecule has 0 saturated carbocycles. The molecule has 6 rings (SSSR count). The lowest BCUT2D eigenvalue weighted by Gasteiger charge is -2.34. The first kappa shape index (κ1) is 24.1. The van der Waals surface area contributed by atoms with E-state index in [1.54, 1.807) is 10.7 Å². The molecule has 0 unspecified atom stereocenters. The predicted octanol–water partition coefficient (Wildman–Crippen LogP) is 4.72. The van der Waals surface area contributed by atoms with Gasteiger partial charge >= 0.3 is 6.18 Å². The van der Waals surface area contributed by atoms with E-state index in [1.807, 2.05) is 48.5 Å². The molecule has 0 atom stereocenters. The Hall–Kier alpha value is -4.25. The van der Waals surface area contributed by atoms with Crippen LogP contribution in [0.2, 0.25) is 0 Å². The number of hydrogen-bond acceptors (Lipinski definition) is 7. The number of likely N-dealkylation sites (N-methyl/N-ethyl adjacent to an activating group) is 1. The number of hydrogen-bond donors (Lipinski definition) is 1. The van der Waals surface area contributed by atoms with Gasteiger partial charge in [0.15, 0.2) is 11.5 Å². The number of anilines is 2. The topological polar surface area (TPSA) is 74.5 Å². The van der Waals surface area contributed by atoms with Gasteiger partial charge in [-0.05, 0) is 37.4 Å². The number of piperazine rings is 1. The van der Waals surface area contributed by atoms with E-state index in [2.05, 4.69) is 42.4 Å². The fourth-order valence-electron chi connectivity index (χ4n) is 4.65. The standard InChI is InChI=1S/C27H25F3N8/c1-36-9-11-37(12-10-36)20-15-21-23(31-16-20)13-19(27(28,29)30)14-24(21)32-17-26-34-33-25-8-7-22(35-38(25)26)18-5-3-2-4-6-18/h2-8,13-16,32H,9-12,17H2,1H3. The van der Waals surface area contributed by atoms with Crippen LogP contribution in [0.5, 0.6) is 0 Å². The lowest BCUT2D eigenvalue weighted by molar-refractivity contribution is -0.137. The molecule has 1 fully saturated rings. The number of aromatic nitrogens is 5. The average molecular weight is 519 g/mol. The van der Waals surface area contributed by atoms with E-state index < -0.39 is 11.7 Å². The molecular formula is C27H25F3N8. The molecule has 8 nitrogen and oxygen atoms in total. The first-order chi connectivity index (χ1) is 18.3. The van der Waals surface area contributed by atoms with E-state index in [4.69, 9.17) is 0 Å². The molecule has 11 heteroatoms. The third kappa shape index (κ3) is 4.72. The van der Waals surface area contributed by atoms with Crippen LogP contribution in [0.4, 0.5) is 24.5 Å². The van der Waals surface area contributed by atoms with Gasteiger partial charge in [0.05, 0.1) is 35.2 Å². The third-order valence-electron chi connectivity index (χ3n) is 6.82. The maximum Gasteiger partial charge on any atom is 0.416 e. The predicted molar refractivity (Wildman–Crippen MR) is 140 cm³/mol. The van der Waals surface area contributed by atoms with Crippen LogP contribution in [0.15, 0.2) is 66.9 Å². The SMILES string of the molecule is CN1CCN(c2cnc3cc(C(F)(F)F)cc(NCc4nnc5ccc(-c6ccccc6)nn45)c3c2)CC1. The molecule has 1 aliphatic heterocycles. The van der Waals surface area contributed by atoms with Crippen LogP contribution >= 0.6 is 0 Å². The van der Waals surface area contributed by atoms with Crippen LogP contribution in [-0.4, -0.2) is 62.9 Å². The van der Waals surface area contributed by atoms with E-state index in [-0.39, 0.29) is 12.1 Å². The van der Waals surface area contributed by atoms with Gasteiger partial charge in [0.1, 0.15) is 0 Å². The number of rotatable bonds is 5. The Balaban J connectivity index is 1.35. The molecule has 38 heavy (non-hydrogen) atoms. The fraction of sp³-hybridized carbons (Fsp3) is 0.259. The van der Waals surface area contributed by atoms with Crippen molar-refractivity contribution >= 4 is 27.9 Å². The monoisotopic (exact) mass is 518 g/mol. The number of halogens is 3. The van der Waals surface area contributed by atoms with Gasteiger partial charge in [-0.3, -0.25) is 4.98 Å². The van der Waals surface area contributed by atoms with Gasteiger partial charge < -0.3 is 15.1 Å². The van der Waals surface area contributed by atoms with Gasteiger partial charge in [0.2, 0.25) is 0 Å². The van der Waals surface area contributed by atoms with Crippen LogP contribution in [-0.2, 0) is 12.7 Å². The van der Waals surface area contributed by atoms with Crippen LogP contribution < -0.4 is 10.2 Å². The van der Waals surface area contributed by atoms with Gasteiger partial charge in [0.25, 0.3) is 0 Å². The quantitative estimate of drug-likeness (QED) is 0.361. The maximum absolute atomic E-state index is 13.7. The summed E-state index contributed by atoms with van der Waals surface area (Å²) in [7, 11) is 2.07. The van der Waals surface area contributed by atoms with Crippen molar-refractivity contribution < 1.29 is 13.2 Å². The second-order valence-electron chi connectivity index (χ2n) is 9.40. The van der Waals surface area contributed by atoms with Crippen molar-refractivity contribution in [3.63, 3.8) is 0 Å². The Kier molecular flexibility index (Phi) is 6.07. The highest BCUT2D eigenvalue weighted by molar-refractivity contribution is 5.94. The number of nitrogens with one attached hydrogen (secondary N) is 1. The lowest BCUT2D eigenvalue weighted by atomic mass is 10.1. The fourth-order valence-corrected chi connectivity index (χ4v) is 4.65. The highest BCUT2D eigenvalue weighted by atomic mass is 19.4. The minimum absolute atomic E-state index is 0.127. The molecular weight excluding hydrogens is 493 g/mol.